The van der Waals surface area contributed by atoms with Crippen molar-refractivity contribution in [3.8, 4) is 0 Å². The second-order valence-corrected chi connectivity index (χ2v) is 12.9. The van der Waals surface area contributed by atoms with Crippen LogP contribution in [0.5, 0.6) is 0 Å². The van der Waals surface area contributed by atoms with Crippen LogP contribution in [0.3, 0.4) is 0 Å². The molecule has 0 aliphatic carbocycles. The second-order valence-electron chi connectivity index (χ2n) is 11.8. The monoisotopic (exact) mass is 564 g/mol. The van der Waals surface area contributed by atoms with Crippen LogP contribution in [0.15, 0.2) is 4.99 Å². The zero-order valence-electron chi connectivity index (χ0n) is 25.7. The van der Waals surface area contributed by atoms with Gasteiger partial charge in [-0.15, -0.1) is 0 Å². The summed E-state index contributed by atoms with van der Waals surface area (Å²) >= 11 is 1.78. The Kier molecular flexibility index (Phi) is 18.7. The molecule has 0 radical (unpaired) electrons. The van der Waals surface area contributed by atoms with E-state index in [4.69, 9.17) is 4.99 Å². The first kappa shape index (κ1) is 34.0. The summed E-state index contributed by atoms with van der Waals surface area (Å²) in [6, 6.07) is -0.716. The number of imide groups is 1. The highest BCUT2D eigenvalue weighted by molar-refractivity contribution is 8.13. The van der Waals surface area contributed by atoms with Crippen LogP contribution in [0.4, 0.5) is 4.79 Å². The maximum Gasteiger partial charge on any atom is 0.325 e. The van der Waals surface area contributed by atoms with Gasteiger partial charge in [-0.25, -0.2) is 9.79 Å². The molecule has 0 saturated carbocycles. The number of hydrogen-bond donors (Lipinski definition) is 1. The number of aliphatic imine (C=N–C) groups is 1. The van der Waals surface area contributed by atoms with Crippen molar-refractivity contribution in [3.63, 3.8) is 0 Å². The zero-order valence-corrected chi connectivity index (χ0v) is 26.5. The van der Waals surface area contributed by atoms with E-state index in [0.717, 1.165) is 23.9 Å². The minimum absolute atomic E-state index is 0.195. The molecule has 2 atom stereocenters. The molecule has 7 heteroatoms. The van der Waals surface area contributed by atoms with E-state index in [1.807, 2.05) is 0 Å². The fourth-order valence-corrected chi connectivity index (χ4v) is 6.82. The van der Waals surface area contributed by atoms with Gasteiger partial charge in [-0.3, -0.25) is 10.1 Å². The third-order valence-electron chi connectivity index (χ3n) is 8.30. The van der Waals surface area contributed by atoms with Crippen LogP contribution in [-0.4, -0.2) is 58.5 Å². The molecule has 0 spiro atoms. The Morgan fingerprint density at radius 3 is 1.59 bits per heavy atom. The summed E-state index contributed by atoms with van der Waals surface area (Å²) < 4.78 is 0. The Bertz CT molecular complexity index is 702. The molecule has 2 heterocycles. The van der Waals surface area contributed by atoms with Gasteiger partial charge < -0.3 is 9.80 Å². The summed E-state index contributed by atoms with van der Waals surface area (Å²) in [6.45, 7) is 5.39. The van der Waals surface area contributed by atoms with Gasteiger partial charge in [0, 0.05) is 19.3 Å². The van der Waals surface area contributed by atoms with Gasteiger partial charge >= 0.3 is 6.03 Å². The van der Waals surface area contributed by atoms with Crippen molar-refractivity contribution >= 4 is 28.9 Å². The lowest BCUT2D eigenvalue weighted by molar-refractivity contribution is -0.127. The van der Waals surface area contributed by atoms with Gasteiger partial charge in [0.05, 0.1) is 0 Å². The highest BCUT2D eigenvalue weighted by atomic mass is 32.2. The summed E-state index contributed by atoms with van der Waals surface area (Å²) in [5.74, 6) is 0.835. The first-order valence-corrected chi connectivity index (χ1v) is 17.6. The van der Waals surface area contributed by atoms with Crippen LogP contribution in [0, 0.1) is 0 Å². The van der Waals surface area contributed by atoms with Crippen molar-refractivity contribution in [2.75, 3.05) is 19.3 Å². The highest BCUT2D eigenvalue weighted by Crippen LogP contribution is 2.29. The van der Waals surface area contributed by atoms with Crippen molar-refractivity contribution in [2.45, 2.75) is 167 Å². The number of amides is 3. The van der Waals surface area contributed by atoms with Gasteiger partial charge in [-0.05, 0) is 12.8 Å². The number of carbonyl (C=O) groups is 2. The van der Waals surface area contributed by atoms with Gasteiger partial charge in [-0.2, -0.15) is 0 Å². The smallest absolute Gasteiger partial charge is 0.325 e. The molecule has 2 aliphatic rings. The maximum absolute atomic E-state index is 12.8. The fraction of sp³-hybridized carbons (Fsp3) is 0.906. The van der Waals surface area contributed by atoms with E-state index in [0.29, 0.717) is 0 Å². The number of amidine groups is 1. The van der Waals surface area contributed by atoms with Gasteiger partial charge in [0.15, 0.2) is 17.4 Å². The Morgan fingerprint density at radius 1 is 0.667 bits per heavy atom. The number of unbranched alkanes of at least 4 members (excludes halogenated alkanes) is 20. The Morgan fingerprint density at radius 2 is 1.10 bits per heavy atom. The number of fused-ring (bicyclic) bond motifs is 1. The summed E-state index contributed by atoms with van der Waals surface area (Å²) in [4.78, 5) is 33.6. The molecule has 0 bridgehead atoms. The van der Waals surface area contributed by atoms with Crippen LogP contribution >= 0.6 is 11.8 Å². The molecule has 0 aromatic rings. The number of rotatable bonds is 24. The van der Waals surface area contributed by atoms with Gasteiger partial charge in [0.25, 0.3) is 5.91 Å². The largest absolute Gasteiger partial charge is 0.336 e. The minimum Gasteiger partial charge on any atom is -0.336 e. The molecule has 1 fully saturated rings. The van der Waals surface area contributed by atoms with Crippen LogP contribution in [-0.2, 0) is 4.79 Å². The lowest BCUT2D eigenvalue weighted by Crippen LogP contribution is -2.63. The molecule has 1 saturated heterocycles. The number of likely N-dealkylation sites (N-methyl/N-ethyl adjacent to an activating group) is 1. The number of carbonyl (C=O) groups excluding carboxylic acids is 2. The molecule has 1 N–H and O–H groups in total. The molecule has 2 rings (SSSR count). The number of thioether (sulfide) groups is 1. The van der Waals surface area contributed by atoms with Crippen LogP contribution in [0.25, 0.3) is 0 Å². The fourth-order valence-electron chi connectivity index (χ4n) is 5.73. The molecule has 0 aromatic heterocycles. The van der Waals surface area contributed by atoms with Gasteiger partial charge in [-0.1, -0.05) is 154 Å². The third kappa shape index (κ3) is 13.3. The predicted molar refractivity (Wildman–Crippen MR) is 168 cm³/mol. The molecular formula is C32H60N4O2S. The standard InChI is InChI=1S/C32H60N4O2S/c1-4-6-8-10-12-14-15-16-17-18-19-20-22-24-26-36-28-29(35(3)31(38)34-30(28)37)33-32(36)39-27-25-23-21-13-11-9-7-5-2/h28-29H,4-27H2,1-3H3,(H,34,37,38). The summed E-state index contributed by atoms with van der Waals surface area (Å²) in [7, 11) is 1.75. The maximum atomic E-state index is 12.8. The molecule has 6 nitrogen and oxygen atoms in total. The summed E-state index contributed by atoms with van der Waals surface area (Å²) in [5, 5.41) is 3.49. The molecule has 2 unspecified atom stereocenters. The average molecular weight is 565 g/mol. The first-order valence-electron chi connectivity index (χ1n) is 16.6. The lowest BCUT2D eigenvalue weighted by atomic mass is 10.0. The van der Waals surface area contributed by atoms with Crippen molar-refractivity contribution < 1.29 is 9.59 Å². The predicted octanol–water partition coefficient (Wildman–Crippen LogP) is 8.89. The number of hydrogen-bond acceptors (Lipinski definition) is 5. The number of urea groups is 1. The molecule has 2 aliphatic heterocycles. The molecule has 39 heavy (non-hydrogen) atoms. The molecule has 3 amide bonds. The topological polar surface area (TPSA) is 65.0 Å². The van der Waals surface area contributed by atoms with Gasteiger partial charge in [0.2, 0.25) is 0 Å². The van der Waals surface area contributed by atoms with Crippen molar-refractivity contribution in [1.29, 1.82) is 0 Å². The van der Waals surface area contributed by atoms with E-state index in [1.54, 1.807) is 23.7 Å². The van der Waals surface area contributed by atoms with Crippen LogP contribution < -0.4 is 5.32 Å². The third-order valence-corrected chi connectivity index (χ3v) is 9.40. The normalized spacial score (nSPS) is 19.0. The van der Waals surface area contributed by atoms with E-state index in [9.17, 15) is 9.59 Å². The second kappa shape index (κ2) is 21.5. The van der Waals surface area contributed by atoms with Crippen molar-refractivity contribution in [1.82, 2.24) is 15.1 Å². The molecular weight excluding hydrogens is 504 g/mol. The average Bonchev–Trinajstić information content (AvgIpc) is 3.30. The molecule has 0 aromatic carbocycles. The minimum atomic E-state index is -0.390. The molecule has 226 valence electrons. The van der Waals surface area contributed by atoms with Crippen molar-refractivity contribution in [3.05, 3.63) is 0 Å². The first-order chi connectivity index (χ1) is 19.1. The van der Waals surface area contributed by atoms with Crippen LogP contribution in [0.2, 0.25) is 0 Å². The summed E-state index contributed by atoms with van der Waals surface area (Å²) in [6.07, 6.45) is 28.9. The van der Waals surface area contributed by atoms with Gasteiger partial charge in [0.1, 0.15) is 0 Å². The van der Waals surface area contributed by atoms with E-state index in [2.05, 4.69) is 24.1 Å². The quantitative estimate of drug-likeness (QED) is 0.119. The van der Waals surface area contributed by atoms with E-state index >= 15 is 0 Å². The highest BCUT2D eigenvalue weighted by Gasteiger charge is 2.48. The number of nitrogens with zero attached hydrogens (tertiary/aromatic N) is 3. The SMILES string of the molecule is CCCCCCCCCCCCCCCCN1C(SCCCCCCCCCC)=NC2C1C(=O)NC(=O)N2C. The van der Waals surface area contributed by atoms with E-state index in [-0.39, 0.29) is 24.1 Å². The van der Waals surface area contributed by atoms with E-state index < -0.39 is 0 Å². The van der Waals surface area contributed by atoms with Crippen molar-refractivity contribution in [2.24, 2.45) is 4.99 Å². The summed E-state index contributed by atoms with van der Waals surface area (Å²) in [5.41, 5.74) is 0. The van der Waals surface area contributed by atoms with E-state index in [1.165, 1.54) is 135 Å². The Labute approximate surface area is 244 Å². The Balaban J connectivity index is 1.63. The Hall–Kier alpha value is -1.24. The lowest BCUT2D eigenvalue weighted by Gasteiger charge is -2.36. The number of nitrogens with one attached hydrogen (secondary N) is 1. The zero-order chi connectivity index (χ0) is 28.1. The van der Waals surface area contributed by atoms with Crippen LogP contribution in [0.1, 0.15) is 155 Å².